The van der Waals surface area contributed by atoms with Gasteiger partial charge in [-0.15, -0.1) is 0 Å². The molecule has 1 aromatic rings. The summed E-state index contributed by atoms with van der Waals surface area (Å²) in [6.45, 7) is 0.727. The van der Waals surface area contributed by atoms with Crippen LogP contribution in [0.3, 0.4) is 0 Å². The van der Waals surface area contributed by atoms with Gasteiger partial charge in [-0.1, -0.05) is 62.4 Å². The Morgan fingerprint density at radius 1 is 1.16 bits per heavy atom. The highest BCUT2D eigenvalue weighted by molar-refractivity contribution is 5.75. The molecule has 0 unspecified atom stereocenters. The van der Waals surface area contributed by atoms with Crippen LogP contribution in [0, 0.1) is 5.92 Å². The lowest BCUT2D eigenvalue weighted by Crippen LogP contribution is -2.26. The van der Waals surface area contributed by atoms with Crippen molar-refractivity contribution in [1.82, 2.24) is 4.90 Å². The Hall–Kier alpha value is -1.31. The van der Waals surface area contributed by atoms with Gasteiger partial charge in [0, 0.05) is 20.0 Å². The summed E-state index contributed by atoms with van der Waals surface area (Å²) in [6.07, 6.45) is 8.56. The maximum Gasteiger partial charge on any atom is 0.222 e. The second-order valence-corrected chi connectivity index (χ2v) is 5.78. The van der Waals surface area contributed by atoms with Crippen molar-refractivity contribution in [2.45, 2.75) is 51.5 Å². The summed E-state index contributed by atoms with van der Waals surface area (Å²) in [5.74, 6) is 1.08. The molecule has 19 heavy (non-hydrogen) atoms. The number of benzene rings is 1. The van der Waals surface area contributed by atoms with Gasteiger partial charge >= 0.3 is 0 Å². The average Bonchev–Trinajstić information content (AvgIpc) is 2.47. The van der Waals surface area contributed by atoms with Gasteiger partial charge in [-0.2, -0.15) is 0 Å². The van der Waals surface area contributed by atoms with E-state index in [1.165, 1.54) is 37.7 Å². The van der Waals surface area contributed by atoms with Gasteiger partial charge in [0.05, 0.1) is 0 Å². The molecule has 0 N–H and O–H groups in total. The molecule has 0 spiro atoms. The third-order valence-electron chi connectivity index (χ3n) is 4.18. The third kappa shape index (κ3) is 4.70. The quantitative estimate of drug-likeness (QED) is 0.782. The van der Waals surface area contributed by atoms with Crippen LogP contribution in [0.5, 0.6) is 0 Å². The Kier molecular flexibility index (Phi) is 5.44. The molecule has 0 bridgehead atoms. The summed E-state index contributed by atoms with van der Waals surface area (Å²) >= 11 is 0. The van der Waals surface area contributed by atoms with Crippen molar-refractivity contribution in [2.24, 2.45) is 5.92 Å². The van der Waals surface area contributed by atoms with Gasteiger partial charge in [-0.3, -0.25) is 4.79 Å². The molecule has 0 heterocycles. The van der Waals surface area contributed by atoms with Crippen molar-refractivity contribution in [3.05, 3.63) is 35.9 Å². The van der Waals surface area contributed by atoms with Crippen molar-refractivity contribution in [1.29, 1.82) is 0 Å². The van der Waals surface area contributed by atoms with Crippen LogP contribution >= 0.6 is 0 Å². The van der Waals surface area contributed by atoms with E-state index in [0.717, 1.165) is 18.9 Å². The van der Waals surface area contributed by atoms with Crippen molar-refractivity contribution in [3.63, 3.8) is 0 Å². The SMILES string of the molecule is CN(Cc1ccccc1)C(=O)CCC1CCCCC1. The predicted octanol–water partition coefficient (Wildman–Crippen LogP) is 4.01. The van der Waals surface area contributed by atoms with E-state index >= 15 is 0 Å². The molecule has 1 amide bonds. The minimum atomic E-state index is 0.287. The maximum absolute atomic E-state index is 12.1. The summed E-state index contributed by atoms with van der Waals surface area (Å²) in [7, 11) is 1.91. The fourth-order valence-electron chi connectivity index (χ4n) is 2.94. The Bertz CT molecular complexity index is 382. The summed E-state index contributed by atoms with van der Waals surface area (Å²) in [5, 5.41) is 0. The van der Waals surface area contributed by atoms with Gasteiger partial charge in [0.1, 0.15) is 0 Å². The Labute approximate surface area is 116 Å². The van der Waals surface area contributed by atoms with Crippen molar-refractivity contribution < 1.29 is 4.79 Å². The average molecular weight is 259 g/mol. The molecule has 1 fully saturated rings. The topological polar surface area (TPSA) is 20.3 Å². The van der Waals surface area contributed by atoms with Crippen molar-refractivity contribution >= 4 is 5.91 Å². The van der Waals surface area contributed by atoms with Crippen LogP contribution in [0.15, 0.2) is 30.3 Å². The zero-order valence-electron chi connectivity index (χ0n) is 12.0. The van der Waals surface area contributed by atoms with Gasteiger partial charge in [-0.25, -0.2) is 0 Å². The van der Waals surface area contributed by atoms with Crippen LogP contribution in [0.2, 0.25) is 0 Å². The Balaban J connectivity index is 1.73. The zero-order chi connectivity index (χ0) is 13.5. The van der Waals surface area contributed by atoms with Gasteiger partial charge < -0.3 is 4.90 Å². The second-order valence-electron chi connectivity index (χ2n) is 5.78. The minimum Gasteiger partial charge on any atom is -0.341 e. The van der Waals surface area contributed by atoms with Gasteiger partial charge in [0.15, 0.2) is 0 Å². The van der Waals surface area contributed by atoms with Gasteiger partial charge in [0.25, 0.3) is 0 Å². The molecule has 1 aromatic carbocycles. The number of carbonyl (C=O) groups excluding carboxylic acids is 1. The van der Waals surface area contributed by atoms with Crippen LogP contribution in [0.25, 0.3) is 0 Å². The van der Waals surface area contributed by atoms with E-state index in [0.29, 0.717) is 6.42 Å². The van der Waals surface area contributed by atoms with Gasteiger partial charge in [-0.05, 0) is 17.9 Å². The zero-order valence-corrected chi connectivity index (χ0v) is 12.0. The monoisotopic (exact) mass is 259 g/mol. The number of hydrogen-bond donors (Lipinski definition) is 0. The molecule has 2 heteroatoms. The van der Waals surface area contributed by atoms with E-state index in [-0.39, 0.29) is 5.91 Å². The number of rotatable bonds is 5. The smallest absolute Gasteiger partial charge is 0.222 e. The molecule has 2 rings (SSSR count). The largest absolute Gasteiger partial charge is 0.341 e. The first-order chi connectivity index (χ1) is 9.25. The molecule has 104 valence electrons. The highest BCUT2D eigenvalue weighted by atomic mass is 16.2. The minimum absolute atomic E-state index is 0.287. The fraction of sp³-hybridized carbons (Fsp3) is 0.588. The van der Waals surface area contributed by atoms with Crippen LogP contribution < -0.4 is 0 Å². The summed E-state index contributed by atoms with van der Waals surface area (Å²) < 4.78 is 0. The number of nitrogens with zero attached hydrogens (tertiary/aromatic N) is 1. The highest BCUT2D eigenvalue weighted by Crippen LogP contribution is 2.27. The van der Waals surface area contributed by atoms with Gasteiger partial charge in [0.2, 0.25) is 5.91 Å². The lowest BCUT2D eigenvalue weighted by atomic mass is 9.86. The Morgan fingerprint density at radius 3 is 2.53 bits per heavy atom. The van der Waals surface area contributed by atoms with Crippen LogP contribution in [0.4, 0.5) is 0 Å². The maximum atomic E-state index is 12.1. The highest BCUT2D eigenvalue weighted by Gasteiger charge is 2.16. The first-order valence-corrected chi connectivity index (χ1v) is 7.53. The molecule has 1 aliphatic carbocycles. The second kappa shape index (κ2) is 7.32. The van der Waals surface area contributed by atoms with E-state index in [9.17, 15) is 4.79 Å². The summed E-state index contributed by atoms with van der Waals surface area (Å²) in [4.78, 5) is 14.0. The van der Waals surface area contributed by atoms with E-state index < -0.39 is 0 Å². The summed E-state index contributed by atoms with van der Waals surface area (Å²) in [6, 6.07) is 10.2. The molecular formula is C17H25NO. The third-order valence-corrected chi connectivity index (χ3v) is 4.18. The summed E-state index contributed by atoms with van der Waals surface area (Å²) in [5.41, 5.74) is 1.20. The molecule has 0 aromatic heterocycles. The molecule has 0 radical (unpaired) electrons. The number of amides is 1. The van der Waals surface area contributed by atoms with Crippen LogP contribution in [0.1, 0.15) is 50.5 Å². The lowest BCUT2D eigenvalue weighted by Gasteiger charge is -2.23. The first kappa shape index (κ1) is 14.1. The van der Waals surface area contributed by atoms with E-state index in [2.05, 4.69) is 12.1 Å². The van der Waals surface area contributed by atoms with E-state index in [1.807, 2.05) is 30.1 Å². The predicted molar refractivity (Wildman–Crippen MR) is 78.7 cm³/mol. The van der Waals surface area contributed by atoms with Crippen molar-refractivity contribution in [3.8, 4) is 0 Å². The fourth-order valence-corrected chi connectivity index (χ4v) is 2.94. The normalized spacial score (nSPS) is 16.3. The molecule has 0 aliphatic heterocycles. The standard InChI is InChI=1S/C17H25NO/c1-18(14-16-10-6-3-7-11-16)17(19)13-12-15-8-4-2-5-9-15/h3,6-7,10-11,15H,2,4-5,8-9,12-14H2,1H3. The first-order valence-electron chi connectivity index (χ1n) is 7.53. The number of hydrogen-bond acceptors (Lipinski definition) is 1. The molecule has 1 saturated carbocycles. The Morgan fingerprint density at radius 2 is 1.84 bits per heavy atom. The van der Waals surface area contributed by atoms with E-state index in [1.54, 1.807) is 0 Å². The molecular weight excluding hydrogens is 234 g/mol. The van der Waals surface area contributed by atoms with Crippen molar-refractivity contribution in [2.75, 3.05) is 7.05 Å². The lowest BCUT2D eigenvalue weighted by molar-refractivity contribution is -0.130. The van der Waals surface area contributed by atoms with E-state index in [4.69, 9.17) is 0 Å². The number of carbonyl (C=O) groups is 1. The van der Waals surface area contributed by atoms with Crippen LogP contribution in [-0.2, 0) is 11.3 Å². The van der Waals surface area contributed by atoms with Crippen LogP contribution in [-0.4, -0.2) is 17.9 Å². The molecule has 2 nitrogen and oxygen atoms in total. The molecule has 1 aliphatic rings. The molecule has 0 saturated heterocycles. The molecule has 0 atom stereocenters.